The Morgan fingerprint density at radius 2 is 1.67 bits per heavy atom. The summed E-state index contributed by atoms with van der Waals surface area (Å²) in [5.41, 5.74) is 4.01. The first-order chi connectivity index (χ1) is 16.0. The van der Waals surface area contributed by atoms with Gasteiger partial charge >= 0.3 is 5.97 Å². The Hall–Kier alpha value is -3.65. The maximum Gasteiger partial charge on any atom is 0.343 e. The fourth-order valence-corrected chi connectivity index (χ4v) is 3.23. The lowest BCUT2D eigenvalue weighted by molar-refractivity contribution is 0.0728. The van der Waals surface area contributed by atoms with E-state index in [-0.39, 0.29) is 11.7 Å². The number of hydrogen-bond donors (Lipinski definition) is 1. The van der Waals surface area contributed by atoms with Crippen LogP contribution in [0.1, 0.15) is 40.1 Å². The van der Waals surface area contributed by atoms with Gasteiger partial charge in [-0.15, -0.1) is 0 Å². The molecule has 0 radical (unpaired) electrons. The van der Waals surface area contributed by atoms with Crippen LogP contribution in [-0.4, -0.2) is 31.3 Å². The molecule has 0 heterocycles. The zero-order valence-corrected chi connectivity index (χ0v) is 19.8. The molecule has 0 atom stereocenters. The largest absolute Gasteiger partial charge is 0.494 e. The molecule has 33 heavy (non-hydrogen) atoms. The van der Waals surface area contributed by atoms with Gasteiger partial charge in [-0.3, -0.25) is 4.79 Å². The van der Waals surface area contributed by atoms with Crippen molar-refractivity contribution in [3.05, 3.63) is 87.9 Å². The molecule has 0 aliphatic rings. The number of carbonyl (C=O) groups excluding carboxylic acids is 2. The van der Waals surface area contributed by atoms with Crippen LogP contribution in [0.25, 0.3) is 0 Å². The molecule has 0 aliphatic carbocycles. The summed E-state index contributed by atoms with van der Waals surface area (Å²) in [4.78, 5) is 24.7. The van der Waals surface area contributed by atoms with Crippen LogP contribution in [0.15, 0.2) is 76.3 Å². The summed E-state index contributed by atoms with van der Waals surface area (Å²) in [6.07, 6.45) is 1.48. The van der Waals surface area contributed by atoms with Gasteiger partial charge in [-0.05, 0) is 80.1 Å². The van der Waals surface area contributed by atoms with E-state index in [0.717, 1.165) is 4.47 Å². The van der Waals surface area contributed by atoms with Crippen molar-refractivity contribution < 1.29 is 23.8 Å². The highest BCUT2D eigenvalue weighted by Crippen LogP contribution is 2.29. The predicted molar refractivity (Wildman–Crippen MR) is 129 cm³/mol. The van der Waals surface area contributed by atoms with E-state index in [2.05, 4.69) is 26.5 Å². The summed E-state index contributed by atoms with van der Waals surface area (Å²) in [6, 6.07) is 18.7. The van der Waals surface area contributed by atoms with Crippen molar-refractivity contribution >= 4 is 34.0 Å². The number of ether oxygens (including phenoxy) is 3. The van der Waals surface area contributed by atoms with Gasteiger partial charge in [0.25, 0.3) is 5.91 Å². The van der Waals surface area contributed by atoms with Crippen molar-refractivity contribution in [3.63, 3.8) is 0 Å². The standard InChI is InChI=1S/C25H23BrN2O5/c1-3-31-21-11-9-18(10-12-21)25(30)33-22-13-8-17(14-23(22)32-4-2)16-27-28-24(29)19-6-5-7-20(26)15-19/h5-16H,3-4H2,1-2H3,(H,28,29)/b27-16-. The highest BCUT2D eigenvalue weighted by Gasteiger charge is 2.13. The Kier molecular flexibility index (Phi) is 8.60. The first-order valence-corrected chi connectivity index (χ1v) is 11.1. The SMILES string of the molecule is CCOc1ccc(C(=O)Oc2ccc(/C=N\NC(=O)c3cccc(Br)c3)cc2OCC)cc1. The molecule has 0 saturated heterocycles. The minimum Gasteiger partial charge on any atom is -0.494 e. The van der Waals surface area contributed by atoms with E-state index in [0.29, 0.717) is 41.4 Å². The Morgan fingerprint density at radius 3 is 2.36 bits per heavy atom. The molecule has 170 valence electrons. The van der Waals surface area contributed by atoms with Crippen LogP contribution in [0, 0.1) is 0 Å². The lowest BCUT2D eigenvalue weighted by atomic mass is 10.2. The van der Waals surface area contributed by atoms with Gasteiger partial charge in [-0.2, -0.15) is 5.10 Å². The molecule has 0 bridgehead atoms. The van der Waals surface area contributed by atoms with E-state index in [4.69, 9.17) is 14.2 Å². The zero-order valence-electron chi connectivity index (χ0n) is 18.2. The molecule has 0 spiro atoms. The van der Waals surface area contributed by atoms with Crippen LogP contribution >= 0.6 is 15.9 Å². The number of halogens is 1. The summed E-state index contributed by atoms with van der Waals surface area (Å²) in [6.45, 7) is 4.65. The van der Waals surface area contributed by atoms with Gasteiger partial charge in [0, 0.05) is 10.0 Å². The molecule has 3 aromatic rings. The second kappa shape index (κ2) is 11.8. The highest BCUT2D eigenvalue weighted by atomic mass is 79.9. The Balaban J connectivity index is 1.68. The Morgan fingerprint density at radius 1 is 0.909 bits per heavy atom. The van der Waals surface area contributed by atoms with Crippen LogP contribution in [0.4, 0.5) is 0 Å². The van der Waals surface area contributed by atoms with Crippen molar-refractivity contribution in [3.8, 4) is 17.2 Å². The van der Waals surface area contributed by atoms with Gasteiger partial charge in [-0.1, -0.05) is 22.0 Å². The molecule has 1 N–H and O–H groups in total. The molecule has 3 rings (SSSR count). The van der Waals surface area contributed by atoms with E-state index in [1.807, 2.05) is 19.9 Å². The second-order valence-corrected chi connectivity index (χ2v) is 7.61. The fraction of sp³-hybridized carbons (Fsp3) is 0.160. The summed E-state index contributed by atoms with van der Waals surface area (Å²) < 4.78 is 17.3. The number of rotatable bonds is 9. The van der Waals surface area contributed by atoms with Gasteiger partial charge in [-0.25, -0.2) is 10.2 Å². The number of benzene rings is 3. The lowest BCUT2D eigenvalue weighted by Crippen LogP contribution is -2.17. The van der Waals surface area contributed by atoms with E-state index in [9.17, 15) is 9.59 Å². The molecule has 8 heteroatoms. The van der Waals surface area contributed by atoms with Gasteiger partial charge in [0.2, 0.25) is 0 Å². The van der Waals surface area contributed by atoms with E-state index in [1.54, 1.807) is 60.7 Å². The fourth-order valence-electron chi connectivity index (χ4n) is 2.83. The predicted octanol–water partition coefficient (Wildman–Crippen LogP) is 5.23. The summed E-state index contributed by atoms with van der Waals surface area (Å²) in [5.74, 6) is 0.505. The molecule has 1 amide bonds. The third-order valence-electron chi connectivity index (χ3n) is 4.34. The molecule has 0 fully saturated rings. The Labute approximate surface area is 200 Å². The molecule has 0 saturated carbocycles. The number of nitrogens with zero attached hydrogens (tertiary/aromatic N) is 1. The molecule has 3 aromatic carbocycles. The summed E-state index contributed by atoms with van der Waals surface area (Å²) >= 11 is 3.33. The third-order valence-corrected chi connectivity index (χ3v) is 4.83. The van der Waals surface area contributed by atoms with Crippen molar-refractivity contribution in [2.24, 2.45) is 5.10 Å². The maximum atomic E-state index is 12.5. The zero-order chi connectivity index (χ0) is 23.6. The number of nitrogens with one attached hydrogen (secondary N) is 1. The summed E-state index contributed by atoms with van der Waals surface area (Å²) in [7, 11) is 0. The van der Waals surface area contributed by atoms with Crippen molar-refractivity contribution in [1.29, 1.82) is 0 Å². The average Bonchev–Trinajstić information content (AvgIpc) is 2.81. The van der Waals surface area contributed by atoms with Crippen LogP contribution in [0.3, 0.4) is 0 Å². The number of hydrogen-bond acceptors (Lipinski definition) is 6. The molecular weight excluding hydrogens is 488 g/mol. The van der Waals surface area contributed by atoms with Gasteiger partial charge in [0.05, 0.1) is 25.0 Å². The lowest BCUT2D eigenvalue weighted by Gasteiger charge is -2.11. The molecule has 0 aliphatic heterocycles. The number of hydrazone groups is 1. The van der Waals surface area contributed by atoms with Crippen LogP contribution < -0.4 is 19.6 Å². The first-order valence-electron chi connectivity index (χ1n) is 10.3. The van der Waals surface area contributed by atoms with Gasteiger partial charge in [0.1, 0.15) is 5.75 Å². The highest BCUT2D eigenvalue weighted by molar-refractivity contribution is 9.10. The quantitative estimate of drug-likeness (QED) is 0.184. The Bertz CT molecular complexity index is 1150. The van der Waals surface area contributed by atoms with E-state index >= 15 is 0 Å². The van der Waals surface area contributed by atoms with Crippen molar-refractivity contribution in [1.82, 2.24) is 5.43 Å². The van der Waals surface area contributed by atoms with E-state index < -0.39 is 5.97 Å². The van der Waals surface area contributed by atoms with Crippen LogP contribution in [0.2, 0.25) is 0 Å². The van der Waals surface area contributed by atoms with E-state index in [1.165, 1.54) is 6.21 Å². The van der Waals surface area contributed by atoms with Gasteiger partial charge < -0.3 is 14.2 Å². The monoisotopic (exact) mass is 510 g/mol. The van der Waals surface area contributed by atoms with Crippen molar-refractivity contribution in [2.45, 2.75) is 13.8 Å². The molecule has 7 nitrogen and oxygen atoms in total. The molecule has 0 unspecified atom stereocenters. The minimum absolute atomic E-state index is 0.283. The third kappa shape index (κ3) is 6.92. The summed E-state index contributed by atoms with van der Waals surface area (Å²) in [5, 5.41) is 4.00. The topological polar surface area (TPSA) is 86.2 Å². The smallest absolute Gasteiger partial charge is 0.343 e. The second-order valence-electron chi connectivity index (χ2n) is 6.70. The maximum absolute atomic E-state index is 12.5. The normalized spacial score (nSPS) is 10.6. The number of carbonyl (C=O) groups is 2. The molecular formula is C25H23BrN2O5. The van der Waals surface area contributed by atoms with Gasteiger partial charge in [0.15, 0.2) is 11.5 Å². The number of esters is 1. The van der Waals surface area contributed by atoms with Crippen LogP contribution in [-0.2, 0) is 0 Å². The minimum atomic E-state index is -0.512. The molecule has 0 aromatic heterocycles. The first kappa shape index (κ1) is 24.0. The average molecular weight is 511 g/mol. The number of amides is 1. The van der Waals surface area contributed by atoms with Crippen LogP contribution in [0.5, 0.6) is 17.2 Å². The van der Waals surface area contributed by atoms with Crippen molar-refractivity contribution in [2.75, 3.05) is 13.2 Å².